The highest BCUT2D eigenvalue weighted by molar-refractivity contribution is 7.90. The van der Waals surface area contributed by atoms with Gasteiger partial charge in [0.2, 0.25) is 0 Å². The van der Waals surface area contributed by atoms with Gasteiger partial charge in [-0.25, -0.2) is 8.42 Å². The second kappa shape index (κ2) is 9.10. The van der Waals surface area contributed by atoms with E-state index in [-0.39, 0.29) is 21.7 Å². The van der Waals surface area contributed by atoms with Crippen LogP contribution in [0.1, 0.15) is 20.7 Å². The number of non-ortho nitro benzene ring substituents is 1. The first-order valence-corrected chi connectivity index (χ1v) is 11.1. The fraction of sp³-hybridized carbons (Fsp3) is 0.263. The van der Waals surface area contributed by atoms with Crippen molar-refractivity contribution in [2.24, 2.45) is 0 Å². The molecule has 0 atom stereocenters. The standard InChI is InChI=1S/C19H20N4O7S/c1-31(28,29)15-5-2-13(3-6-15)18(24)20-21-19(25)16-12-14(23(26)27)4-7-17(16)22-8-10-30-11-9-22/h2-7,12H,8-11H2,1H3,(H,20,24)(H,21,25). The molecule has 11 nitrogen and oxygen atoms in total. The summed E-state index contributed by atoms with van der Waals surface area (Å²) in [5, 5.41) is 11.1. The fourth-order valence-electron chi connectivity index (χ4n) is 3.01. The minimum Gasteiger partial charge on any atom is -0.378 e. The second-order valence-electron chi connectivity index (χ2n) is 6.76. The van der Waals surface area contributed by atoms with Crippen molar-refractivity contribution >= 4 is 33.0 Å². The number of nitro benzene ring substituents is 1. The van der Waals surface area contributed by atoms with E-state index in [0.29, 0.717) is 32.0 Å². The highest BCUT2D eigenvalue weighted by atomic mass is 32.2. The van der Waals surface area contributed by atoms with Crippen LogP contribution in [-0.2, 0) is 14.6 Å². The van der Waals surface area contributed by atoms with Gasteiger partial charge in [0.25, 0.3) is 17.5 Å². The molecule has 164 valence electrons. The van der Waals surface area contributed by atoms with Crippen molar-refractivity contribution in [3.8, 4) is 0 Å². The summed E-state index contributed by atoms with van der Waals surface area (Å²) < 4.78 is 28.3. The predicted molar refractivity (Wildman–Crippen MR) is 111 cm³/mol. The van der Waals surface area contributed by atoms with E-state index in [2.05, 4.69) is 10.9 Å². The van der Waals surface area contributed by atoms with Crippen LogP contribution >= 0.6 is 0 Å². The van der Waals surface area contributed by atoms with Gasteiger partial charge in [-0.2, -0.15) is 0 Å². The predicted octanol–water partition coefficient (Wildman–Crippen LogP) is 0.910. The lowest BCUT2D eigenvalue weighted by Gasteiger charge is -2.30. The molecule has 2 aromatic rings. The zero-order valence-electron chi connectivity index (χ0n) is 16.5. The Labute approximate surface area is 178 Å². The zero-order chi connectivity index (χ0) is 22.6. The molecule has 2 N–H and O–H groups in total. The van der Waals surface area contributed by atoms with Crippen LogP contribution in [0.25, 0.3) is 0 Å². The lowest BCUT2D eigenvalue weighted by molar-refractivity contribution is -0.384. The molecule has 0 bridgehead atoms. The van der Waals surface area contributed by atoms with Crippen LogP contribution in [-0.4, -0.2) is 57.7 Å². The summed E-state index contributed by atoms with van der Waals surface area (Å²) in [7, 11) is -3.40. The molecule has 1 aliphatic heterocycles. The van der Waals surface area contributed by atoms with Crippen molar-refractivity contribution in [2.75, 3.05) is 37.5 Å². The van der Waals surface area contributed by atoms with Crippen LogP contribution in [0.4, 0.5) is 11.4 Å². The maximum absolute atomic E-state index is 12.7. The minimum absolute atomic E-state index is 0.0313. The summed E-state index contributed by atoms with van der Waals surface area (Å²) in [6, 6.07) is 9.13. The Kier molecular flexibility index (Phi) is 6.51. The van der Waals surface area contributed by atoms with Gasteiger partial charge < -0.3 is 9.64 Å². The third kappa shape index (κ3) is 5.35. The number of nitrogens with zero attached hydrogens (tertiary/aromatic N) is 2. The third-order valence-corrected chi connectivity index (χ3v) is 5.75. The number of sulfone groups is 1. The van der Waals surface area contributed by atoms with Crippen molar-refractivity contribution in [1.82, 2.24) is 10.9 Å². The van der Waals surface area contributed by atoms with E-state index in [9.17, 15) is 28.1 Å². The van der Waals surface area contributed by atoms with E-state index in [4.69, 9.17) is 4.74 Å². The van der Waals surface area contributed by atoms with Gasteiger partial charge in [0, 0.05) is 37.0 Å². The number of hydrogen-bond acceptors (Lipinski definition) is 8. The Balaban J connectivity index is 1.76. The topological polar surface area (TPSA) is 148 Å². The number of nitro groups is 1. The number of rotatable bonds is 5. The maximum Gasteiger partial charge on any atom is 0.272 e. The molecule has 1 aliphatic rings. The van der Waals surface area contributed by atoms with Gasteiger partial charge in [-0.3, -0.25) is 30.6 Å². The van der Waals surface area contributed by atoms with E-state index >= 15 is 0 Å². The van der Waals surface area contributed by atoms with Crippen LogP contribution in [0.3, 0.4) is 0 Å². The highest BCUT2D eigenvalue weighted by Crippen LogP contribution is 2.26. The Bertz CT molecular complexity index is 1110. The fourth-order valence-corrected chi connectivity index (χ4v) is 3.64. The van der Waals surface area contributed by atoms with Gasteiger partial charge in [-0.15, -0.1) is 0 Å². The molecule has 1 fully saturated rings. The number of hydrogen-bond donors (Lipinski definition) is 2. The molecule has 0 spiro atoms. The smallest absolute Gasteiger partial charge is 0.272 e. The average Bonchev–Trinajstić information content (AvgIpc) is 2.76. The molecule has 0 aromatic heterocycles. The molecule has 2 aromatic carbocycles. The Hall–Kier alpha value is -3.51. The van der Waals surface area contributed by atoms with Gasteiger partial charge in [-0.05, 0) is 30.3 Å². The molecule has 0 radical (unpaired) electrons. The van der Waals surface area contributed by atoms with Crippen molar-refractivity contribution < 1.29 is 27.7 Å². The van der Waals surface area contributed by atoms with Gasteiger partial charge in [-0.1, -0.05) is 0 Å². The quantitative estimate of drug-likeness (QED) is 0.507. The molecule has 1 heterocycles. The number of anilines is 1. The molecule has 12 heteroatoms. The molecule has 0 unspecified atom stereocenters. The van der Waals surface area contributed by atoms with Crippen LogP contribution in [0.15, 0.2) is 47.4 Å². The van der Waals surface area contributed by atoms with Crippen LogP contribution in [0.2, 0.25) is 0 Å². The number of morpholine rings is 1. The number of hydrazine groups is 1. The van der Waals surface area contributed by atoms with E-state index in [0.717, 1.165) is 12.3 Å². The minimum atomic E-state index is -3.40. The molecule has 3 rings (SSSR count). The molecular weight excluding hydrogens is 428 g/mol. The van der Waals surface area contributed by atoms with Crippen molar-refractivity contribution in [3.05, 3.63) is 63.7 Å². The Morgan fingerprint density at radius 1 is 1.03 bits per heavy atom. The van der Waals surface area contributed by atoms with Crippen molar-refractivity contribution in [3.63, 3.8) is 0 Å². The lowest BCUT2D eigenvalue weighted by atomic mass is 10.1. The van der Waals surface area contributed by atoms with Crippen LogP contribution in [0, 0.1) is 10.1 Å². The number of ether oxygens (including phenoxy) is 1. The second-order valence-corrected chi connectivity index (χ2v) is 8.78. The number of nitrogens with one attached hydrogen (secondary N) is 2. The first-order chi connectivity index (χ1) is 14.7. The van der Waals surface area contributed by atoms with Crippen LogP contribution < -0.4 is 15.8 Å². The van der Waals surface area contributed by atoms with Crippen molar-refractivity contribution in [2.45, 2.75) is 4.90 Å². The normalized spacial score (nSPS) is 14.0. The summed E-state index contributed by atoms with van der Waals surface area (Å²) in [4.78, 5) is 37.5. The number of carbonyl (C=O) groups is 2. The van der Waals surface area contributed by atoms with Crippen LogP contribution in [0.5, 0.6) is 0 Å². The van der Waals surface area contributed by atoms with E-state index in [1.54, 1.807) is 0 Å². The first-order valence-electron chi connectivity index (χ1n) is 9.19. The number of amides is 2. The summed E-state index contributed by atoms with van der Waals surface area (Å²) in [5.74, 6) is -1.40. The van der Waals surface area contributed by atoms with Crippen molar-refractivity contribution in [1.29, 1.82) is 0 Å². The number of carbonyl (C=O) groups excluding carboxylic acids is 2. The average molecular weight is 448 g/mol. The van der Waals surface area contributed by atoms with E-state index < -0.39 is 26.6 Å². The van der Waals surface area contributed by atoms with E-state index in [1.165, 1.54) is 36.4 Å². The summed E-state index contributed by atoms with van der Waals surface area (Å²) in [5.41, 5.74) is 4.87. The lowest BCUT2D eigenvalue weighted by Crippen LogP contribution is -2.43. The highest BCUT2D eigenvalue weighted by Gasteiger charge is 2.22. The molecule has 0 saturated carbocycles. The van der Waals surface area contributed by atoms with Gasteiger partial charge >= 0.3 is 0 Å². The molecule has 1 saturated heterocycles. The maximum atomic E-state index is 12.7. The zero-order valence-corrected chi connectivity index (χ0v) is 17.3. The van der Waals surface area contributed by atoms with Gasteiger partial charge in [0.15, 0.2) is 9.84 Å². The SMILES string of the molecule is CS(=O)(=O)c1ccc(C(=O)NNC(=O)c2cc([N+](=O)[O-])ccc2N2CCOCC2)cc1. The molecule has 31 heavy (non-hydrogen) atoms. The largest absolute Gasteiger partial charge is 0.378 e. The summed E-state index contributed by atoms with van der Waals surface area (Å²) in [6.45, 7) is 1.94. The third-order valence-electron chi connectivity index (χ3n) is 4.62. The summed E-state index contributed by atoms with van der Waals surface area (Å²) >= 11 is 0. The van der Waals surface area contributed by atoms with E-state index in [1.807, 2.05) is 4.90 Å². The molecule has 2 amide bonds. The van der Waals surface area contributed by atoms with Gasteiger partial charge in [0.1, 0.15) is 0 Å². The number of benzene rings is 2. The molecule has 0 aliphatic carbocycles. The first kappa shape index (κ1) is 22.2. The monoisotopic (exact) mass is 448 g/mol. The molecular formula is C19H20N4O7S. The van der Waals surface area contributed by atoms with Gasteiger partial charge in [0.05, 0.1) is 34.3 Å². The Morgan fingerprint density at radius 3 is 2.23 bits per heavy atom. The Morgan fingerprint density at radius 2 is 1.65 bits per heavy atom. The summed E-state index contributed by atoms with van der Waals surface area (Å²) in [6.07, 6.45) is 1.05.